The topological polar surface area (TPSA) is 57.9 Å². The van der Waals surface area contributed by atoms with E-state index in [4.69, 9.17) is 11.6 Å². The molecule has 3 aromatic rings. The average Bonchev–Trinajstić information content (AvgIpc) is 3.11. The summed E-state index contributed by atoms with van der Waals surface area (Å²) >= 11 is 7.41. The molecule has 25 heavy (non-hydrogen) atoms. The molecule has 0 unspecified atom stereocenters. The predicted molar refractivity (Wildman–Crippen MR) is 98.9 cm³/mol. The highest BCUT2D eigenvalue weighted by molar-refractivity contribution is 7.15. The third-order valence-corrected chi connectivity index (χ3v) is 5.32. The highest BCUT2D eigenvalue weighted by Crippen LogP contribution is 2.21. The molecular weight excluding hydrogens is 360 g/mol. The molecule has 0 bridgehead atoms. The van der Waals surface area contributed by atoms with Crippen molar-refractivity contribution in [2.24, 2.45) is 0 Å². The van der Waals surface area contributed by atoms with Crippen LogP contribution in [0.3, 0.4) is 0 Å². The Kier molecular flexibility index (Phi) is 4.19. The third-order valence-electron chi connectivity index (χ3n) is 4.31. The zero-order valence-electron chi connectivity index (χ0n) is 13.3. The molecule has 2 aromatic heterocycles. The second kappa shape index (κ2) is 6.50. The van der Waals surface area contributed by atoms with Crippen molar-refractivity contribution in [2.45, 2.75) is 0 Å². The second-order valence-electron chi connectivity index (χ2n) is 5.79. The van der Waals surface area contributed by atoms with Crippen molar-refractivity contribution in [1.29, 1.82) is 0 Å². The first-order chi connectivity index (χ1) is 12.1. The lowest BCUT2D eigenvalue weighted by atomic mass is 10.2. The summed E-state index contributed by atoms with van der Waals surface area (Å²) in [5, 5.41) is 2.47. The molecule has 0 saturated carbocycles. The molecule has 0 N–H and O–H groups in total. The second-order valence-corrected chi connectivity index (χ2v) is 7.10. The molecule has 1 fully saturated rings. The Balaban J connectivity index is 1.51. The molecule has 1 saturated heterocycles. The Bertz CT molecular complexity index is 991. The molecule has 8 heteroatoms. The Morgan fingerprint density at radius 3 is 2.76 bits per heavy atom. The summed E-state index contributed by atoms with van der Waals surface area (Å²) in [4.78, 5) is 33.9. The van der Waals surface area contributed by atoms with Crippen molar-refractivity contribution in [3.63, 3.8) is 0 Å². The number of rotatable bonds is 2. The fourth-order valence-electron chi connectivity index (χ4n) is 2.98. The minimum atomic E-state index is -0.312. The monoisotopic (exact) mass is 374 g/mol. The van der Waals surface area contributed by atoms with Crippen molar-refractivity contribution in [3.8, 4) is 0 Å². The van der Waals surface area contributed by atoms with Gasteiger partial charge in [-0.1, -0.05) is 17.7 Å². The van der Waals surface area contributed by atoms with E-state index in [1.54, 1.807) is 16.5 Å². The molecule has 0 radical (unpaired) electrons. The summed E-state index contributed by atoms with van der Waals surface area (Å²) in [5.74, 6) is -0.260. The molecule has 0 aliphatic carbocycles. The van der Waals surface area contributed by atoms with E-state index < -0.39 is 0 Å². The van der Waals surface area contributed by atoms with Gasteiger partial charge in [0, 0.05) is 54.7 Å². The van der Waals surface area contributed by atoms with Gasteiger partial charge < -0.3 is 9.80 Å². The molecule has 0 spiro atoms. The summed E-state index contributed by atoms with van der Waals surface area (Å²) in [6, 6.07) is 7.67. The number of halogens is 1. The lowest BCUT2D eigenvalue weighted by Gasteiger charge is -2.36. The van der Waals surface area contributed by atoms with Crippen LogP contribution in [0, 0.1) is 0 Å². The summed E-state index contributed by atoms with van der Waals surface area (Å²) < 4.78 is 1.42. The van der Waals surface area contributed by atoms with Crippen molar-refractivity contribution in [2.75, 3.05) is 31.1 Å². The Morgan fingerprint density at radius 1 is 1.20 bits per heavy atom. The normalized spacial score (nSPS) is 14.9. The lowest BCUT2D eigenvalue weighted by Crippen LogP contribution is -2.49. The van der Waals surface area contributed by atoms with Gasteiger partial charge in [0.05, 0.1) is 0 Å². The average molecular weight is 375 g/mol. The summed E-state index contributed by atoms with van der Waals surface area (Å²) in [6.45, 7) is 2.50. The van der Waals surface area contributed by atoms with Crippen LogP contribution in [-0.2, 0) is 0 Å². The standard InChI is InChI=1S/C17H15ClN4O2S/c18-12-2-1-3-13(10-12)20-4-6-21(7-5-20)15(23)14-11-19-17-22(16(14)24)8-9-25-17/h1-3,8-11H,4-7H2. The highest BCUT2D eigenvalue weighted by Gasteiger charge is 2.25. The van der Waals surface area contributed by atoms with E-state index in [0.717, 1.165) is 5.69 Å². The number of hydrogen-bond donors (Lipinski definition) is 0. The van der Waals surface area contributed by atoms with Gasteiger partial charge in [-0.2, -0.15) is 0 Å². The number of benzene rings is 1. The van der Waals surface area contributed by atoms with Gasteiger partial charge in [0.15, 0.2) is 4.96 Å². The van der Waals surface area contributed by atoms with E-state index in [-0.39, 0.29) is 17.0 Å². The minimum absolute atomic E-state index is 0.118. The van der Waals surface area contributed by atoms with Crippen LogP contribution in [0.5, 0.6) is 0 Å². The predicted octanol–water partition coefficient (Wildman–Crippen LogP) is 2.37. The number of carbonyl (C=O) groups excluding carboxylic acids is 1. The molecule has 6 nitrogen and oxygen atoms in total. The van der Waals surface area contributed by atoms with Crippen molar-refractivity contribution in [1.82, 2.24) is 14.3 Å². The number of nitrogens with zero attached hydrogens (tertiary/aromatic N) is 4. The van der Waals surface area contributed by atoms with Gasteiger partial charge in [-0.15, -0.1) is 11.3 Å². The zero-order chi connectivity index (χ0) is 17.4. The maximum Gasteiger partial charge on any atom is 0.271 e. The van der Waals surface area contributed by atoms with E-state index in [0.29, 0.717) is 36.2 Å². The van der Waals surface area contributed by atoms with Crippen molar-refractivity contribution < 1.29 is 4.79 Å². The van der Waals surface area contributed by atoms with E-state index in [9.17, 15) is 9.59 Å². The first-order valence-corrected chi connectivity index (χ1v) is 9.14. The maximum atomic E-state index is 12.7. The molecule has 0 atom stereocenters. The summed E-state index contributed by atoms with van der Waals surface area (Å²) in [7, 11) is 0. The Labute approximate surface area is 152 Å². The lowest BCUT2D eigenvalue weighted by molar-refractivity contribution is 0.0744. The van der Waals surface area contributed by atoms with Crippen LogP contribution < -0.4 is 10.5 Å². The third kappa shape index (κ3) is 3.01. The summed E-state index contributed by atoms with van der Waals surface area (Å²) in [6.07, 6.45) is 3.03. The van der Waals surface area contributed by atoms with Crippen LogP contribution in [0.15, 0.2) is 46.8 Å². The number of amides is 1. The molecule has 3 heterocycles. The van der Waals surface area contributed by atoms with Gasteiger partial charge in [0.25, 0.3) is 11.5 Å². The van der Waals surface area contributed by atoms with Crippen molar-refractivity contribution >= 4 is 39.5 Å². The van der Waals surface area contributed by atoms with Gasteiger partial charge in [0.2, 0.25) is 0 Å². The van der Waals surface area contributed by atoms with E-state index in [1.165, 1.54) is 21.9 Å². The van der Waals surface area contributed by atoms with Crippen LogP contribution in [0.2, 0.25) is 5.02 Å². The van der Waals surface area contributed by atoms with E-state index in [1.807, 2.05) is 24.3 Å². The first kappa shape index (κ1) is 16.1. The van der Waals surface area contributed by atoms with Crippen LogP contribution >= 0.6 is 22.9 Å². The number of aromatic nitrogens is 2. The quantitative estimate of drug-likeness (QED) is 0.691. The van der Waals surface area contributed by atoms with E-state index >= 15 is 0 Å². The van der Waals surface area contributed by atoms with Gasteiger partial charge in [-0.05, 0) is 18.2 Å². The number of fused-ring (bicyclic) bond motifs is 1. The zero-order valence-corrected chi connectivity index (χ0v) is 14.8. The van der Waals surface area contributed by atoms with Gasteiger partial charge in [-0.25, -0.2) is 4.98 Å². The number of carbonyl (C=O) groups is 1. The molecule has 4 rings (SSSR count). The van der Waals surface area contributed by atoms with E-state index in [2.05, 4.69) is 9.88 Å². The molecule has 1 aliphatic rings. The number of hydrogen-bond acceptors (Lipinski definition) is 5. The molecule has 1 aromatic carbocycles. The van der Waals surface area contributed by atoms with Crippen LogP contribution in [-0.4, -0.2) is 46.4 Å². The molecule has 128 valence electrons. The number of piperazine rings is 1. The van der Waals surface area contributed by atoms with Crippen LogP contribution in [0.4, 0.5) is 5.69 Å². The first-order valence-electron chi connectivity index (χ1n) is 7.88. The highest BCUT2D eigenvalue weighted by atomic mass is 35.5. The molecular formula is C17H15ClN4O2S. The largest absolute Gasteiger partial charge is 0.368 e. The minimum Gasteiger partial charge on any atom is -0.368 e. The molecule has 1 aliphatic heterocycles. The van der Waals surface area contributed by atoms with Crippen LogP contribution in [0.1, 0.15) is 10.4 Å². The van der Waals surface area contributed by atoms with Crippen LogP contribution in [0.25, 0.3) is 4.96 Å². The number of thiazole rings is 1. The SMILES string of the molecule is O=C(c1cnc2sccn2c1=O)N1CCN(c2cccc(Cl)c2)CC1. The van der Waals surface area contributed by atoms with Gasteiger partial charge in [-0.3, -0.25) is 14.0 Å². The van der Waals surface area contributed by atoms with Crippen molar-refractivity contribution in [3.05, 3.63) is 63.0 Å². The maximum absolute atomic E-state index is 12.7. The number of anilines is 1. The Morgan fingerprint density at radius 2 is 2.00 bits per heavy atom. The smallest absolute Gasteiger partial charge is 0.271 e. The fraction of sp³-hybridized carbons (Fsp3) is 0.235. The summed E-state index contributed by atoms with van der Waals surface area (Å²) in [5.41, 5.74) is 0.849. The van der Waals surface area contributed by atoms with Gasteiger partial charge >= 0.3 is 0 Å². The Hall–Kier alpha value is -2.38. The molecule has 1 amide bonds. The fourth-order valence-corrected chi connectivity index (χ4v) is 3.84. The van der Waals surface area contributed by atoms with Gasteiger partial charge in [0.1, 0.15) is 5.56 Å².